The zero-order valence-corrected chi connectivity index (χ0v) is 9.29. The van der Waals surface area contributed by atoms with Gasteiger partial charge in [-0.25, -0.2) is 4.79 Å². The highest BCUT2D eigenvalue weighted by atomic mass is 31.2. The van der Waals surface area contributed by atoms with Crippen molar-refractivity contribution in [2.24, 2.45) is 0 Å². The van der Waals surface area contributed by atoms with Crippen molar-refractivity contribution in [3.8, 4) is 0 Å². The Balaban J connectivity index is 3.68. The lowest BCUT2D eigenvalue weighted by atomic mass is 10.5. The standard InChI is InChI=1S/C8H15O5P/c1-4-8(9)13-6-5-7-14(10,11-2)12-3/h4H,1,5-7H2,2-3H3. The van der Waals surface area contributed by atoms with Gasteiger partial charge in [-0.1, -0.05) is 6.58 Å². The lowest BCUT2D eigenvalue weighted by Crippen LogP contribution is -2.04. The van der Waals surface area contributed by atoms with Gasteiger partial charge in [0.25, 0.3) is 0 Å². The van der Waals surface area contributed by atoms with Crippen molar-refractivity contribution in [1.82, 2.24) is 0 Å². The molecule has 0 saturated carbocycles. The Hall–Kier alpha value is -0.640. The van der Waals surface area contributed by atoms with Crippen LogP contribution in [0.5, 0.6) is 0 Å². The van der Waals surface area contributed by atoms with Crippen LogP contribution >= 0.6 is 7.60 Å². The van der Waals surface area contributed by atoms with Crippen LogP contribution < -0.4 is 0 Å². The molecular formula is C8H15O5P. The van der Waals surface area contributed by atoms with Gasteiger partial charge in [0.15, 0.2) is 0 Å². The number of carbonyl (C=O) groups is 1. The fraction of sp³-hybridized carbons (Fsp3) is 0.625. The van der Waals surface area contributed by atoms with E-state index in [1.54, 1.807) is 0 Å². The zero-order chi connectivity index (χ0) is 11.0. The minimum Gasteiger partial charge on any atom is -0.463 e. The van der Waals surface area contributed by atoms with Crippen LogP contribution in [0.4, 0.5) is 0 Å². The number of esters is 1. The minimum absolute atomic E-state index is 0.182. The molecule has 0 aliphatic rings. The molecule has 0 amide bonds. The van der Waals surface area contributed by atoms with Gasteiger partial charge in [-0.3, -0.25) is 4.57 Å². The van der Waals surface area contributed by atoms with Gasteiger partial charge in [0.05, 0.1) is 12.8 Å². The van der Waals surface area contributed by atoms with E-state index in [1.807, 2.05) is 0 Å². The quantitative estimate of drug-likeness (QED) is 0.283. The average Bonchev–Trinajstić information content (AvgIpc) is 2.23. The number of hydrogen-bond acceptors (Lipinski definition) is 5. The van der Waals surface area contributed by atoms with Crippen molar-refractivity contribution in [2.45, 2.75) is 6.42 Å². The molecule has 0 unspecified atom stereocenters. The molecule has 0 N–H and O–H groups in total. The highest BCUT2D eigenvalue weighted by Gasteiger charge is 2.19. The van der Waals surface area contributed by atoms with E-state index in [0.717, 1.165) is 6.08 Å². The summed E-state index contributed by atoms with van der Waals surface area (Å²) in [6, 6.07) is 0. The summed E-state index contributed by atoms with van der Waals surface area (Å²) in [5.41, 5.74) is 0. The molecular weight excluding hydrogens is 207 g/mol. The molecule has 0 atom stereocenters. The number of ether oxygens (including phenoxy) is 1. The molecule has 6 heteroatoms. The summed E-state index contributed by atoms with van der Waals surface area (Å²) in [5, 5.41) is 0. The summed E-state index contributed by atoms with van der Waals surface area (Å²) in [6.45, 7) is 3.42. The van der Waals surface area contributed by atoms with Crippen molar-refractivity contribution in [3.05, 3.63) is 12.7 Å². The lowest BCUT2D eigenvalue weighted by molar-refractivity contribution is -0.137. The van der Waals surface area contributed by atoms with Crippen LogP contribution in [-0.4, -0.2) is 33.0 Å². The molecule has 0 radical (unpaired) electrons. The van der Waals surface area contributed by atoms with E-state index in [1.165, 1.54) is 14.2 Å². The summed E-state index contributed by atoms with van der Waals surface area (Å²) in [6.07, 6.45) is 1.73. The maximum atomic E-state index is 11.5. The smallest absolute Gasteiger partial charge is 0.330 e. The van der Waals surface area contributed by atoms with E-state index >= 15 is 0 Å². The van der Waals surface area contributed by atoms with Crippen LogP contribution in [0.15, 0.2) is 12.7 Å². The van der Waals surface area contributed by atoms with Gasteiger partial charge in [0.2, 0.25) is 0 Å². The van der Waals surface area contributed by atoms with Crippen molar-refractivity contribution in [1.29, 1.82) is 0 Å². The second-order valence-electron chi connectivity index (χ2n) is 2.42. The topological polar surface area (TPSA) is 61.8 Å². The van der Waals surface area contributed by atoms with Crippen molar-refractivity contribution < 1.29 is 23.1 Å². The molecule has 0 heterocycles. The molecule has 14 heavy (non-hydrogen) atoms. The van der Waals surface area contributed by atoms with Gasteiger partial charge in [-0.05, 0) is 6.42 Å². The van der Waals surface area contributed by atoms with Gasteiger partial charge >= 0.3 is 13.6 Å². The maximum absolute atomic E-state index is 11.5. The molecule has 0 aliphatic carbocycles. The summed E-state index contributed by atoms with van der Waals surface area (Å²) in [7, 11) is -0.328. The van der Waals surface area contributed by atoms with Gasteiger partial charge in [-0.2, -0.15) is 0 Å². The molecule has 0 aromatic rings. The van der Waals surface area contributed by atoms with E-state index in [0.29, 0.717) is 6.42 Å². The zero-order valence-electron chi connectivity index (χ0n) is 8.39. The number of hydrogen-bond donors (Lipinski definition) is 0. The fourth-order valence-corrected chi connectivity index (χ4v) is 1.78. The monoisotopic (exact) mass is 222 g/mol. The first kappa shape index (κ1) is 13.4. The van der Waals surface area contributed by atoms with Crippen molar-refractivity contribution in [3.63, 3.8) is 0 Å². The van der Waals surface area contributed by atoms with Crippen LogP contribution in [0.2, 0.25) is 0 Å². The third kappa shape index (κ3) is 5.17. The van der Waals surface area contributed by atoms with Gasteiger partial charge in [0, 0.05) is 20.3 Å². The maximum Gasteiger partial charge on any atom is 0.330 e. The van der Waals surface area contributed by atoms with Gasteiger partial charge in [0.1, 0.15) is 0 Å². The van der Waals surface area contributed by atoms with E-state index in [9.17, 15) is 9.36 Å². The Bertz CT molecular complexity index is 230. The molecule has 0 aromatic carbocycles. The molecule has 0 spiro atoms. The van der Waals surface area contributed by atoms with Crippen LogP contribution in [0.3, 0.4) is 0 Å². The molecule has 0 aliphatic heterocycles. The third-order valence-electron chi connectivity index (χ3n) is 1.54. The highest BCUT2D eigenvalue weighted by molar-refractivity contribution is 7.53. The Morgan fingerprint density at radius 2 is 2.00 bits per heavy atom. The van der Waals surface area contributed by atoms with E-state index in [2.05, 4.69) is 11.3 Å². The SMILES string of the molecule is C=CC(=O)OCCCP(=O)(OC)OC. The average molecular weight is 222 g/mol. The predicted octanol–water partition coefficient (Wildman–Crippen LogP) is 1.59. The summed E-state index contributed by atoms with van der Waals surface area (Å²) in [4.78, 5) is 10.6. The second kappa shape index (κ2) is 6.76. The molecule has 0 saturated heterocycles. The predicted molar refractivity (Wildman–Crippen MR) is 52.3 cm³/mol. The first-order valence-corrected chi connectivity index (χ1v) is 5.80. The number of carbonyl (C=O) groups excluding carboxylic acids is 1. The Labute approximate surface area is 83.6 Å². The molecule has 5 nitrogen and oxygen atoms in total. The molecule has 0 aromatic heterocycles. The van der Waals surface area contributed by atoms with Crippen LogP contribution in [0.1, 0.15) is 6.42 Å². The van der Waals surface area contributed by atoms with E-state index in [4.69, 9.17) is 9.05 Å². The third-order valence-corrected chi connectivity index (χ3v) is 3.52. The Morgan fingerprint density at radius 3 is 2.43 bits per heavy atom. The van der Waals surface area contributed by atoms with Gasteiger partial charge < -0.3 is 13.8 Å². The largest absolute Gasteiger partial charge is 0.463 e. The Kier molecular flexibility index (Phi) is 6.45. The van der Waals surface area contributed by atoms with Crippen LogP contribution in [-0.2, 0) is 23.1 Å². The molecule has 0 fully saturated rings. The first-order valence-electron chi connectivity index (χ1n) is 4.07. The minimum atomic E-state index is -2.97. The summed E-state index contributed by atoms with van der Waals surface area (Å²) in [5.74, 6) is -0.491. The van der Waals surface area contributed by atoms with E-state index < -0.39 is 13.6 Å². The molecule has 0 bridgehead atoms. The number of rotatable bonds is 7. The van der Waals surface area contributed by atoms with Gasteiger partial charge in [-0.15, -0.1) is 0 Å². The van der Waals surface area contributed by atoms with Crippen LogP contribution in [0, 0.1) is 0 Å². The second-order valence-corrected chi connectivity index (χ2v) is 4.82. The Morgan fingerprint density at radius 1 is 1.43 bits per heavy atom. The van der Waals surface area contributed by atoms with Crippen molar-refractivity contribution in [2.75, 3.05) is 27.0 Å². The normalized spacial score (nSPS) is 11.0. The summed E-state index contributed by atoms with van der Waals surface area (Å²) >= 11 is 0. The van der Waals surface area contributed by atoms with Crippen LogP contribution in [0.25, 0.3) is 0 Å². The lowest BCUT2D eigenvalue weighted by Gasteiger charge is -2.12. The first-order chi connectivity index (χ1) is 6.58. The molecule has 82 valence electrons. The van der Waals surface area contributed by atoms with E-state index in [-0.39, 0.29) is 12.8 Å². The molecule has 0 rings (SSSR count). The highest BCUT2D eigenvalue weighted by Crippen LogP contribution is 2.46. The van der Waals surface area contributed by atoms with Crippen molar-refractivity contribution >= 4 is 13.6 Å². The summed E-state index contributed by atoms with van der Waals surface area (Å²) < 4.78 is 25.5. The fourth-order valence-electron chi connectivity index (χ4n) is 0.747.